The smallest absolute Gasteiger partial charge is 0.302 e. The lowest BCUT2D eigenvalue weighted by Gasteiger charge is -2.06. The molecular formula is C7H9F3N2O2. The summed E-state index contributed by atoms with van der Waals surface area (Å²) in [5.74, 6) is 0. The molecule has 0 spiro atoms. The van der Waals surface area contributed by atoms with Crippen LogP contribution in [-0.4, -0.2) is 22.1 Å². The van der Waals surface area contributed by atoms with E-state index in [1.54, 1.807) is 0 Å². The maximum absolute atomic E-state index is 11.5. The number of imidazole rings is 1. The molecule has 0 fully saturated rings. The van der Waals surface area contributed by atoms with Crippen molar-refractivity contribution in [3.8, 4) is 0 Å². The first-order valence-corrected chi connectivity index (χ1v) is 3.82. The Morgan fingerprint density at radius 3 is 2.50 bits per heavy atom. The van der Waals surface area contributed by atoms with E-state index in [1.165, 1.54) is 24.0 Å². The Labute approximate surface area is 77.5 Å². The number of rotatable bonds is 3. The Balaban J connectivity index is 2.47. The van der Waals surface area contributed by atoms with Crippen LogP contribution in [0.1, 0.15) is 0 Å². The van der Waals surface area contributed by atoms with E-state index in [0.717, 1.165) is 4.57 Å². The maximum atomic E-state index is 11.5. The molecule has 1 aromatic rings. The summed E-state index contributed by atoms with van der Waals surface area (Å²) in [6, 6.07) is 0. The van der Waals surface area contributed by atoms with E-state index in [9.17, 15) is 18.0 Å². The zero-order valence-corrected chi connectivity index (χ0v) is 7.41. The number of nitrogens with zero attached hydrogens (tertiary/aromatic N) is 2. The van der Waals surface area contributed by atoms with Crippen LogP contribution < -0.4 is 5.69 Å². The summed E-state index contributed by atoms with van der Waals surface area (Å²) in [4.78, 5) is 11.1. The first-order chi connectivity index (χ1) is 6.40. The molecule has 7 heteroatoms. The Hall–Kier alpha value is -1.24. The molecule has 4 nitrogen and oxygen atoms in total. The van der Waals surface area contributed by atoms with Crippen LogP contribution in [0, 0.1) is 0 Å². The van der Waals surface area contributed by atoms with Gasteiger partial charge in [0.25, 0.3) is 0 Å². The van der Waals surface area contributed by atoms with Crippen LogP contribution in [0.25, 0.3) is 0 Å². The summed E-state index contributed by atoms with van der Waals surface area (Å²) in [5, 5.41) is 0. The van der Waals surface area contributed by atoms with E-state index in [2.05, 4.69) is 4.74 Å². The van der Waals surface area contributed by atoms with E-state index in [0.29, 0.717) is 0 Å². The van der Waals surface area contributed by atoms with Crippen molar-refractivity contribution in [2.45, 2.75) is 12.9 Å². The third kappa shape index (κ3) is 2.91. The predicted molar refractivity (Wildman–Crippen MR) is 41.7 cm³/mol. The van der Waals surface area contributed by atoms with Gasteiger partial charge >= 0.3 is 12.1 Å². The zero-order valence-electron chi connectivity index (χ0n) is 7.41. The molecule has 0 amide bonds. The van der Waals surface area contributed by atoms with Gasteiger partial charge in [-0.2, -0.15) is 0 Å². The SMILES string of the molecule is Cn1ccn(CCOC(F)(F)F)c1=O. The van der Waals surface area contributed by atoms with Crippen molar-refractivity contribution >= 4 is 0 Å². The van der Waals surface area contributed by atoms with Crippen molar-refractivity contribution in [3.05, 3.63) is 22.9 Å². The van der Waals surface area contributed by atoms with Crippen LogP contribution in [0.15, 0.2) is 17.2 Å². The molecule has 1 rings (SSSR count). The molecule has 1 aromatic heterocycles. The normalized spacial score (nSPS) is 12.0. The monoisotopic (exact) mass is 210 g/mol. The average Bonchev–Trinajstić information content (AvgIpc) is 2.33. The number of ether oxygens (including phenoxy) is 1. The van der Waals surface area contributed by atoms with Gasteiger partial charge in [-0.25, -0.2) is 4.79 Å². The topological polar surface area (TPSA) is 36.2 Å². The number of hydrogen-bond donors (Lipinski definition) is 0. The molecule has 0 saturated heterocycles. The number of alkyl halides is 3. The Morgan fingerprint density at radius 1 is 1.43 bits per heavy atom. The van der Waals surface area contributed by atoms with Crippen molar-refractivity contribution in [2.24, 2.45) is 7.05 Å². The predicted octanol–water partition coefficient (Wildman–Crippen LogP) is 0.723. The molecule has 0 saturated carbocycles. The second kappa shape index (κ2) is 3.87. The van der Waals surface area contributed by atoms with Crippen LogP contribution in [0.2, 0.25) is 0 Å². The lowest BCUT2D eigenvalue weighted by molar-refractivity contribution is -0.325. The fourth-order valence-corrected chi connectivity index (χ4v) is 0.941. The van der Waals surface area contributed by atoms with Crippen LogP contribution in [0.4, 0.5) is 13.2 Å². The Morgan fingerprint density at radius 2 is 2.07 bits per heavy atom. The molecular weight excluding hydrogens is 201 g/mol. The van der Waals surface area contributed by atoms with Crippen LogP contribution >= 0.6 is 0 Å². The number of aromatic nitrogens is 2. The van der Waals surface area contributed by atoms with Gasteiger partial charge in [-0.15, -0.1) is 13.2 Å². The fourth-order valence-electron chi connectivity index (χ4n) is 0.941. The highest BCUT2D eigenvalue weighted by Crippen LogP contribution is 2.15. The van der Waals surface area contributed by atoms with Gasteiger partial charge in [-0.05, 0) is 0 Å². The van der Waals surface area contributed by atoms with Gasteiger partial charge in [-0.3, -0.25) is 9.30 Å². The van der Waals surface area contributed by atoms with Gasteiger partial charge in [0, 0.05) is 19.4 Å². The highest BCUT2D eigenvalue weighted by atomic mass is 19.4. The first kappa shape index (κ1) is 10.8. The highest BCUT2D eigenvalue weighted by Gasteiger charge is 2.28. The fraction of sp³-hybridized carbons (Fsp3) is 0.571. The third-order valence-electron chi connectivity index (χ3n) is 1.62. The maximum Gasteiger partial charge on any atom is 0.522 e. The minimum absolute atomic E-state index is 0.112. The van der Waals surface area contributed by atoms with Gasteiger partial charge in [0.05, 0.1) is 13.2 Å². The molecule has 14 heavy (non-hydrogen) atoms. The summed E-state index contributed by atoms with van der Waals surface area (Å²) >= 11 is 0. The van der Waals surface area contributed by atoms with Crippen molar-refractivity contribution in [1.82, 2.24) is 9.13 Å². The molecule has 0 aliphatic carbocycles. The summed E-state index contributed by atoms with van der Waals surface area (Å²) in [6.07, 6.45) is -1.77. The molecule has 0 unspecified atom stereocenters. The average molecular weight is 210 g/mol. The molecule has 0 atom stereocenters. The van der Waals surface area contributed by atoms with E-state index < -0.39 is 13.0 Å². The molecule has 1 heterocycles. The summed E-state index contributed by atoms with van der Waals surface area (Å²) in [6.45, 7) is -0.674. The van der Waals surface area contributed by atoms with Crippen molar-refractivity contribution < 1.29 is 17.9 Å². The zero-order chi connectivity index (χ0) is 10.8. The van der Waals surface area contributed by atoms with Crippen molar-refractivity contribution in [1.29, 1.82) is 0 Å². The molecule has 0 radical (unpaired) electrons. The summed E-state index contributed by atoms with van der Waals surface area (Å²) in [7, 11) is 1.52. The molecule has 80 valence electrons. The van der Waals surface area contributed by atoms with E-state index in [-0.39, 0.29) is 12.2 Å². The lowest BCUT2D eigenvalue weighted by atomic mass is 10.6. The molecule has 0 aliphatic rings. The van der Waals surface area contributed by atoms with E-state index >= 15 is 0 Å². The molecule has 0 N–H and O–H groups in total. The van der Waals surface area contributed by atoms with E-state index in [1.807, 2.05) is 0 Å². The van der Waals surface area contributed by atoms with Crippen LogP contribution in [0.5, 0.6) is 0 Å². The molecule has 0 bridgehead atoms. The lowest BCUT2D eigenvalue weighted by Crippen LogP contribution is -2.25. The standard InChI is InChI=1S/C7H9F3N2O2/c1-11-2-3-12(6(11)13)4-5-14-7(8,9)10/h2-3H,4-5H2,1H3. The first-order valence-electron chi connectivity index (χ1n) is 3.82. The Bertz CT molecular complexity index is 353. The minimum atomic E-state index is -4.64. The number of hydrogen-bond acceptors (Lipinski definition) is 2. The van der Waals surface area contributed by atoms with Gasteiger partial charge in [-0.1, -0.05) is 0 Å². The van der Waals surface area contributed by atoms with Gasteiger partial charge in [0.2, 0.25) is 0 Å². The summed E-state index contributed by atoms with van der Waals surface area (Å²) < 4.78 is 40.6. The summed E-state index contributed by atoms with van der Waals surface area (Å²) in [5.41, 5.74) is -0.365. The van der Waals surface area contributed by atoms with Gasteiger partial charge < -0.3 is 4.57 Å². The van der Waals surface area contributed by atoms with Crippen LogP contribution in [-0.2, 0) is 18.3 Å². The third-order valence-corrected chi connectivity index (χ3v) is 1.62. The molecule has 0 aliphatic heterocycles. The quantitative estimate of drug-likeness (QED) is 0.737. The number of halogens is 3. The minimum Gasteiger partial charge on any atom is -0.302 e. The van der Waals surface area contributed by atoms with Gasteiger partial charge in [0.15, 0.2) is 0 Å². The second-order valence-electron chi connectivity index (χ2n) is 2.68. The van der Waals surface area contributed by atoms with E-state index in [4.69, 9.17) is 0 Å². The van der Waals surface area contributed by atoms with Crippen LogP contribution in [0.3, 0.4) is 0 Å². The van der Waals surface area contributed by atoms with Crippen molar-refractivity contribution in [2.75, 3.05) is 6.61 Å². The largest absolute Gasteiger partial charge is 0.522 e. The van der Waals surface area contributed by atoms with Crippen molar-refractivity contribution in [3.63, 3.8) is 0 Å². The second-order valence-corrected chi connectivity index (χ2v) is 2.68. The highest BCUT2D eigenvalue weighted by molar-refractivity contribution is 4.79. The number of aryl methyl sites for hydroxylation is 1. The molecule has 0 aromatic carbocycles. The van der Waals surface area contributed by atoms with Gasteiger partial charge in [0.1, 0.15) is 0 Å². The Kier molecular flexibility index (Phi) is 3.00.